The van der Waals surface area contributed by atoms with Gasteiger partial charge in [-0.05, 0) is 72.7 Å². The topological polar surface area (TPSA) is 57.6 Å². The number of rotatable bonds is 7. The third-order valence-corrected chi connectivity index (χ3v) is 7.03. The van der Waals surface area contributed by atoms with Crippen LogP contribution in [0.25, 0.3) is 0 Å². The zero-order valence-electron chi connectivity index (χ0n) is 17.8. The molecule has 0 aliphatic carbocycles. The van der Waals surface area contributed by atoms with Crippen LogP contribution in [0.3, 0.4) is 0 Å². The Kier molecular flexibility index (Phi) is 6.61. The lowest BCUT2D eigenvalue weighted by molar-refractivity contribution is -0.115. The van der Waals surface area contributed by atoms with Crippen LogP contribution < -0.4 is 4.90 Å². The second kappa shape index (κ2) is 9.57. The van der Waals surface area contributed by atoms with Crippen LogP contribution in [0.4, 0.5) is 10.1 Å². The van der Waals surface area contributed by atoms with Gasteiger partial charge < -0.3 is 5.11 Å². The van der Waals surface area contributed by atoms with Crippen LogP contribution in [-0.4, -0.2) is 22.7 Å². The third-order valence-electron chi connectivity index (χ3n) is 5.82. The van der Waals surface area contributed by atoms with E-state index in [-0.39, 0.29) is 22.7 Å². The van der Waals surface area contributed by atoms with Crippen molar-refractivity contribution in [2.75, 3.05) is 10.7 Å². The normalized spacial score (nSPS) is 15.9. The predicted molar refractivity (Wildman–Crippen MR) is 126 cm³/mol. The molecule has 1 atom stereocenters. The molecule has 1 saturated heterocycles. The molecular weight excluding hydrogens is 425 g/mol. The molecule has 0 radical (unpaired) electrons. The highest BCUT2D eigenvalue weighted by Crippen LogP contribution is 2.43. The first kappa shape index (κ1) is 22.1. The number of nitrogens with zero attached hydrogens (tertiary/aromatic N) is 1. The summed E-state index contributed by atoms with van der Waals surface area (Å²) in [5.74, 6) is -1.000. The third kappa shape index (κ3) is 4.55. The molecule has 1 amide bonds. The summed E-state index contributed by atoms with van der Waals surface area (Å²) in [6.45, 7) is 1.89. The van der Waals surface area contributed by atoms with E-state index in [9.17, 15) is 19.1 Å². The molecule has 1 unspecified atom stereocenters. The van der Waals surface area contributed by atoms with Crippen LogP contribution in [-0.2, 0) is 17.6 Å². The van der Waals surface area contributed by atoms with Gasteiger partial charge in [-0.15, -0.1) is 11.8 Å². The quantitative estimate of drug-likeness (QED) is 0.496. The molecule has 4 nitrogen and oxygen atoms in total. The van der Waals surface area contributed by atoms with Crippen LogP contribution in [0, 0.1) is 12.7 Å². The molecule has 1 aliphatic heterocycles. The molecule has 1 N–H and O–H groups in total. The number of aryl methyl sites for hydroxylation is 1. The van der Waals surface area contributed by atoms with Gasteiger partial charge in [-0.3, -0.25) is 9.69 Å². The average Bonchev–Trinajstić information content (AvgIpc) is 3.17. The Balaban J connectivity index is 1.66. The highest BCUT2D eigenvalue weighted by Gasteiger charge is 2.35. The molecule has 0 bridgehead atoms. The van der Waals surface area contributed by atoms with Crippen molar-refractivity contribution < 1.29 is 19.1 Å². The molecule has 4 rings (SSSR count). The van der Waals surface area contributed by atoms with Crippen molar-refractivity contribution in [3.05, 3.63) is 100 Å². The molecule has 0 aromatic heterocycles. The van der Waals surface area contributed by atoms with Gasteiger partial charge in [0.25, 0.3) is 0 Å². The van der Waals surface area contributed by atoms with Crippen molar-refractivity contribution in [3.8, 4) is 0 Å². The summed E-state index contributed by atoms with van der Waals surface area (Å²) in [7, 11) is 0. The SMILES string of the molecule is Cc1c(N2C(=O)CSC2c2ccc(F)cc2)ccc(C(=O)O)c1CCCc1ccccc1. The Bertz CT molecular complexity index is 1130. The Morgan fingerprint density at radius 1 is 1.06 bits per heavy atom. The Hall–Kier alpha value is -3.12. The van der Waals surface area contributed by atoms with E-state index in [2.05, 4.69) is 12.1 Å². The first-order valence-electron chi connectivity index (χ1n) is 10.5. The minimum absolute atomic E-state index is 0.0364. The molecule has 1 aliphatic rings. The molecule has 164 valence electrons. The van der Waals surface area contributed by atoms with Gasteiger partial charge in [0.2, 0.25) is 5.91 Å². The average molecular weight is 450 g/mol. The number of carbonyl (C=O) groups excluding carboxylic acids is 1. The van der Waals surface area contributed by atoms with E-state index in [0.29, 0.717) is 17.9 Å². The van der Waals surface area contributed by atoms with E-state index in [1.807, 2.05) is 25.1 Å². The standard InChI is InChI=1S/C26H24FNO3S/c1-17-21(9-5-8-18-6-3-2-4-7-18)22(26(30)31)14-15-23(17)28-24(29)16-32-25(28)19-10-12-20(27)13-11-19/h2-4,6-7,10-15,25H,5,8-9,16H2,1H3,(H,30,31). The van der Waals surface area contributed by atoms with Gasteiger partial charge in [-0.25, -0.2) is 9.18 Å². The summed E-state index contributed by atoms with van der Waals surface area (Å²) < 4.78 is 13.4. The molecular formula is C26H24FNO3S. The zero-order chi connectivity index (χ0) is 22.7. The maximum atomic E-state index is 13.4. The lowest BCUT2D eigenvalue weighted by atomic mass is 9.94. The predicted octanol–water partition coefficient (Wildman–Crippen LogP) is 5.79. The van der Waals surface area contributed by atoms with Gasteiger partial charge in [0.05, 0.1) is 11.3 Å². The van der Waals surface area contributed by atoms with Crippen LogP contribution in [0.5, 0.6) is 0 Å². The summed E-state index contributed by atoms with van der Waals surface area (Å²) >= 11 is 1.49. The lowest BCUT2D eigenvalue weighted by Gasteiger charge is -2.27. The number of carbonyl (C=O) groups is 2. The van der Waals surface area contributed by atoms with Crippen molar-refractivity contribution in [3.63, 3.8) is 0 Å². The number of hydrogen-bond donors (Lipinski definition) is 1. The van der Waals surface area contributed by atoms with Gasteiger partial charge in [0.1, 0.15) is 11.2 Å². The van der Waals surface area contributed by atoms with Crippen molar-refractivity contribution >= 4 is 29.3 Å². The number of halogens is 1. The zero-order valence-corrected chi connectivity index (χ0v) is 18.6. The first-order chi connectivity index (χ1) is 15.5. The van der Waals surface area contributed by atoms with Gasteiger partial charge in [0.15, 0.2) is 0 Å². The fourth-order valence-electron chi connectivity index (χ4n) is 4.20. The minimum Gasteiger partial charge on any atom is -0.478 e. The van der Waals surface area contributed by atoms with Crippen LogP contribution in [0.2, 0.25) is 0 Å². The molecule has 3 aromatic carbocycles. The summed E-state index contributed by atoms with van der Waals surface area (Å²) in [4.78, 5) is 26.4. The highest BCUT2D eigenvalue weighted by molar-refractivity contribution is 8.00. The van der Waals surface area contributed by atoms with E-state index >= 15 is 0 Å². The maximum Gasteiger partial charge on any atom is 0.335 e. The smallest absolute Gasteiger partial charge is 0.335 e. The molecule has 3 aromatic rings. The van der Waals surface area contributed by atoms with E-state index in [1.54, 1.807) is 29.2 Å². The van der Waals surface area contributed by atoms with Crippen molar-refractivity contribution in [1.29, 1.82) is 0 Å². The van der Waals surface area contributed by atoms with Gasteiger partial charge >= 0.3 is 5.97 Å². The van der Waals surface area contributed by atoms with Crippen LogP contribution >= 0.6 is 11.8 Å². The van der Waals surface area contributed by atoms with Crippen molar-refractivity contribution in [1.82, 2.24) is 0 Å². The fraction of sp³-hybridized carbons (Fsp3) is 0.231. The Morgan fingerprint density at radius 3 is 2.47 bits per heavy atom. The second-order valence-corrected chi connectivity index (χ2v) is 8.93. The van der Waals surface area contributed by atoms with Gasteiger partial charge in [-0.2, -0.15) is 0 Å². The number of carboxylic acid groups (broad SMARTS) is 1. The van der Waals surface area contributed by atoms with Gasteiger partial charge in [0, 0.05) is 5.69 Å². The summed E-state index contributed by atoms with van der Waals surface area (Å²) in [5.41, 5.74) is 4.61. The number of thioether (sulfide) groups is 1. The maximum absolute atomic E-state index is 13.4. The molecule has 0 saturated carbocycles. The monoisotopic (exact) mass is 449 g/mol. The van der Waals surface area contributed by atoms with E-state index in [1.165, 1.54) is 29.5 Å². The molecule has 32 heavy (non-hydrogen) atoms. The van der Waals surface area contributed by atoms with E-state index < -0.39 is 5.97 Å². The number of anilines is 1. The summed E-state index contributed by atoms with van der Waals surface area (Å²) in [6, 6.07) is 19.6. The molecule has 0 spiro atoms. The number of amides is 1. The van der Waals surface area contributed by atoms with Crippen molar-refractivity contribution in [2.45, 2.75) is 31.6 Å². The summed E-state index contributed by atoms with van der Waals surface area (Å²) in [5, 5.41) is 9.48. The Morgan fingerprint density at radius 2 is 1.78 bits per heavy atom. The largest absolute Gasteiger partial charge is 0.478 e. The molecule has 1 heterocycles. The van der Waals surface area contributed by atoms with Crippen LogP contribution in [0.1, 0.15) is 44.4 Å². The lowest BCUT2D eigenvalue weighted by Crippen LogP contribution is -2.29. The number of hydrogen-bond acceptors (Lipinski definition) is 3. The number of aromatic carboxylic acids is 1. The van der Waals surface area contributed by atoms with Crippen molar-refractivity contribution in [2.24, 2.45) is 0 Å². The second-order valence-electron chi connectivity index (χ2n) is 7.86. The molecule has 6 heteroatoms. The van der Waals surface area contributed by atoms with Gasteiger partial charge in [-0.1, -0.05) is 42.5 Å². The highest BCUT2D eigenvalue weighted by atomic mass is 32.2. The first-order valence-corrected chi connectivity index (χ1v) is 11.6. The van der Waals surface area contributed by atoms with Crippen LogP contribution in [0.15, 0.2) is 66.7 Å². The summed E-state index contributed by atoms with van der Waals surface area (Å²) in [6.07, 6.45) is 2.26. The van der Waals surface area contributed by atoms with E-state index in [0.717, 1.165) is 29.5 Å². The minimum atomic E-state index is -0.966. The number of benzene rings is 3. The fourth-order valence-corrected chi connectivity index (χ4v) is 5.37. The Labute approximate surface area is 191 Å². The number of carboxylic acids is 1. The molecule has 1 fully saturated rings. The van der Waals surface area contributed by atoms with E-state index in [4.69, 9.17) is 0 Å².